The van der Waals surface area contributed by atoms with Gasteiger partial charge in [-0.1, -0.05) is 18.1 Å². The molecule has 1 aromatic carbocycles. The summed E-state index contributed by atoms with van der Waals surface area (Å²) < 4.78 is 15.1. The number of aromatic nitrogens is 4. The molecule has 0 bridgehead atoms. The number of halogens is 2. The van der Waals surface area contributed by atoms with Crippen LogP contribution in [0, 0.1) is 18.2 Å². The van der Waals surface area contributed by atoms with Crippen LogP contribution >= 0.6 is 12.4 Å². The molecular formula is C14H11ClFN5. The lowest BCUT2D eigenvalue weighted by atomic mass is 10.2. The Bertz CT molecular complexity index is 837. The van der Waals surface area contributed by atoms with Crippen LogP contribution < -0.4 is 5.73 Å². The summed E-state index contributed by atoms with van der Waals surface area (Å²) in [5.41, 5.74) is 7.40. The van der Waals surface area contributed by atoms with Crippen molar-refractivity contribution >= 4 is 29.4 Å². The second-order valence-corrected chi connectivity index (χ2v) is 4.17. The third-order valence-electron chi connectivity index (χ3n) is 2.89. The van der Waals surface area contributed by atoms with E-state index in [9.17, 15) is 4.39 Å². The summed E-state index contributed by atoms with van der Waals surface area (Å²) in [6.07, 6.45) is 6.73. The zero-order valence-corrected chi connectivity index (χ0v) is 11.6. The highest BCUT2D eigenvalue weighted by atomic mass is 35.5. The van der Waals surface area contributed by atoms with E-state index in [0.29, 0.717) is 22.6 Å². The van der Waals surface area contributed by atoms with Crippen LogP contribution in [0.4, 0.5) is 10.2 Å². The molecule has 0 unspecified atom stereocenters. The Hall–Kier alpha value is -2.65. The van der Waals surface area contributed by atoms with Crippen LogP contribution in [-0.2, 0) is 6.54 Å². The predicted octanol–water partition coefficient (Wildman–Crippen LogP) is 2.27. The number of nitrogens with zero attached hydrogens (tertiary/aromatic N) is 4. The van der Waals surface area contributed by atoms with Crippen molar-refractivity contribution in [1.82, 2.24) is 19.5 Å². The SMILES string of the molecule is C#CCn1c(-c2cccc(F)c2)nc2c(N)ncnc21.Cl. The molecule has 2 N–H and O–H groups in total. The normalized spacial score (nSPS) is 10.1. The van der Waals surface area contributed by atoms with Crippen molar-refractivity contribution in [2.24, 2.45) is 0 Å². The van der Waals surface area contributed by atoms with Gasteiger partial charge in [-0.05, 0) is 12.1 Å². The summed E-state index contributed by atoms with van der Waals surface area (Å²) in [6.45, 7) is 0.263. The van der Waals surface area contributed by atoms with Gasteiger partial charge in [0, 0.05) is 5.56 Å². The maximum Gasteiger partial charge on any atom is 0.166 e. The first-order chi connectivity index (χ1) is 9.70. The zero-order chi connectivity index (χ0) is 14.1. The largest absolute Gasteiger partial charge is 0.382 e. The molecule has 2 heterocycles. The number of nitrogen functional groups attached to an aromatic ring is 1. The van der Waals surface area contributed by atoms with E-state index in [4.69, 9.17) is 12.2 Å². The first-order valence-electron chi connectivity index (χ1n) is 5.87. The lowest BCUT2D eigenvalue weighted by Crippen LogP contribution is -2.00. The molecule has 0 aliphatic rings. The van der Waals surface area contributed by atoms with Crippen molar-refractivity contribution < 1.29 is 4.39 Å². The van der Waals surface area contributed by atoms with Gasteiger partial charge in [-0.25, -0.2) is 19.3 Å². The summed E-state index contributed by atoms with van der Waals surface area (Å²) in [7, 11) is 0. The van der Waals surface area contributed by atoms with Gasteiger partial charge in [0.15, 0.2) is 17.0 Å². The molecule has 7 heteroatoms. The summed E-state index contributed by atoms with van der Waals surface area (Å²) >= 11 is 0. The van der Waals surface area contributed by atoms with Gasteiger partial charge in [-0.15, -0.1) is 18.8 Å². The molecule has 5 nitrogen and oxygen atoms in total. The highest BCUT2D eigenvalue weighted by Crippen LogP contribution is 2.25. The number of terminal acetylenes is 1. The van der Waals surface area contributed by atoms with Gasteiger partial charge in [0.2, 0.25) is 0 Å². The molecular weight excluding hydrogens is 293 g/mol. The topological polar surface area (TPSA) is 69.6 Å². The summed E-state index contributed by atoms with van der Waals surface area (Å²) in [5.74, 6) is 2.97. The van der Waals surface area contributed by atoms with Crippen LogP contribution in [0.1, 0.15) is 0 Å². The molecule has 0 aliphatic heterocycles. The van der Waals surface area contributed by atoms with Crippen LogP contribution in [0.25, 0.3) is 22.6 Å². The van der Waals surface area contributed by atoms with Gasteiger partial charge in [0.25, 0.3) is 0 Å². The van der Waals surface area contributed by atoms with Crippen LogP contribution in [0.15, 0.2) is 30.6 Å². The third kappa shape index (κ3) is 2.51. The van der Waals surface area contributed by atoms with E-state index in [1.165, 1.54) is 18.5 Å². The maximum absolute atomic E-state index is 13.4. The Labute approximate surface area is 126 Å². The van der Waals surface area contributed by atoms with Crippen LogP contribution in [0.5, 0.6) is 0 Å². The second kappa shape index (κ2) is 5.77. The average Bonchev–Trinajstić information content (AvgIpc) is 2.80. The lowest BCUT2D eigenvalue weighted by molar-refractivity contribution is 0.628. The van der Waals surface area contributed by atoms with Crippen molar-refractivity contribution in [3.63, 3.8) is 0 Å². The van der Waals surface area contributed by atoms with Crippen molar-refractivity contribution in [3.05, 3.63) is 36.4 Å². The number of anilines is 1. The smallest absolute Gasteiger partial charge is 0.166 e. The fourth-order valence-corrected chi connectivity index (χ4v) is 2.04. The van der Waals surface area contributed by atoms with Crippen LogP contribution in [-0.4, -0.2) is 19.5 Å². The second-order valence-electron chi connectivity index (χ2n) is 4.17. The average molecular weight is 304 g/mol. The number of rotatable bonds is 2. The molecule has 0 saturated carbocycles. The molecule has 0 saturated heterocycles. The molecule has 21 heavy (non-hydrogen) atoms. The molecule has 0 fully saturated rings. The minimum absolute atomic E-state index is 0. The summed E-state index contributed by atoms with van der Waals surface area (Å²) in [6, 6.07) is 6.11. The Morgan fingerprint density at radius 2 is 2.14 bits per heavy atom. The molecule has 3 rings (SSSR count). The van der Waals surface area contributed by atoms with Crippen molar-refractivity contribution in [2.45, 2.75) is 6.54 Å². The molecule has 0 atom stereocenters. The minimum Gasteiger partial charge on any atom is -0.382 e. The molecule has 106 valence electrons. The van der Waals surface area contributed by atoms with Crippen molar-refractivity contribution in [2.75, 3.05) is 5.73 Å². The van der Waals surface area contributed by atoms with Gasteiger partial charge in [-0.2, -0.15) is 0 Å². The standard InChI is InChI=1S/C14H10FN5.ClH/c1-2-6-20-13(9-4-3-5-10(15)7-9)19-11-12(16)17-8-18-14(11)20;/h1,3-5,7-8H,6H2,(H2,16,17,18);1H. The van der Waals surface area contributed by atoms with E-state index in [1.807, 2.05) is 0 Å². The Kier molecular flexibility index (Phi) is 4.05. The molecule has 2 aromatic heterocycles. The highest BCUT2D eigenvalue weighted by Gasteiger charge is 2.15. The fraction of sp³-hybridized carbons (Fsp3) is 0.0714. The molecule has 0 aliphatic carbocycles. The van der Waals surface area contributed by atoms with Crippen LogP contribution in [0.2, 0.25) is 0 Å². The lowest BCUT2D eigenvalue weighted by Gasteiger charge is -2.04. The monoisotopic (exact) mass is 303 g/mol. The molecule has 0 amide bonds. The number of hydrogen-bond donors (Lipinski definition) is 1. The van der Waals surface area contributed by atoms with Crippen molar-refractivity contribution in [1.29, 1.82) is 0 Å². The van der Waals surface area contributed by atoms with Crippen molar-refractivity contribution in [3.8, 4) is 23.7 Å². The third-order valence-corrected chi connectivity index (χ3v) is 2.89. The number of benzene rings is 1. The Balaban J connectivity index is 0.00000161. The first kappa shape index (κ1) is 14.8. The van der Waals surface area contributed by atoms with Gasteiger partial charge < -0.3 is 5.73 Å². The van der Waals surface area contributed by atoms with E-state index in [-0.39, 0.29) is 30.6 Å². The summed E-state index contributed by atoms with van der Waals surface area (Å²) in [5, 5.41) is 0. The van der Waals surface area contributed by atoms with Gasteiger partial charge in [-0.3, -0.25) is 4.57 Å². The van der Waals surface area contributed by atoms with E-state index in [0.717, 1.165) is 0 Å². The highest BCUT2D eigenvalue weighted by molar-refractivity contribution is 5.85. The number of hydrogen-bond acceptors (Lipinski definition) is 4. The van der Waals surface area contributed by atoms with Crippen LogP contribution in [0.3, 0.4) is 0 Å². The van der Waals surface area contributed by atoms with E-state index < -0.39 is 0 Å². The number of nitrogens with two attached hydrogens (primary N) is 1. The molecule has 0 radical (unpaired) electrons. The van der Waals surface area contributed by atoms with E-state index >= 15 is 0 Å². The predicted molar refractivity (Wildman–Crippen MR) is 81.2 cm³/mol. The van der Waals surface area contributed by atoms with Gasteiger partial charge in [0.05, 0.1) is 6.54 Å². The molecule has 3 aromatic rings. The quantitative estimate of drug-likeness (QED) is 0.737. The maximum atomic E-state index is 13.4. The van der Waals surface area contributed by atoms with E-state index in [1.54, 1.807) is 16.7 Å². The minimum atomic E-state index is -0.346. The molecule has 0 spiro atoms. The fourth-order valence-electron chi connectivity index (χ4n) is 2.04. The first-order valence-corrected chi connectivity index (χ1v) is 5.87. The number of imidazole rings is 1. The Morgan fingerprint density at radius 3 is 2.86 bits per heavy atom. The summed E-state index contributed by atoms with van der Waals surface area (Å²) in [4.78, 5) is 12.4. The van der Waals surface area contributed by atoms with Gasteiger partial charge >= 0.3 is 0 Å². The zero-order valence-electron chi connectivity index (χ0n) is 10.8. The number of fused-ring (bicyclic) bond motifs is 1. The van der Waals surface area contributed by atoms with Gasteiger partial charge in [0.1, 0.15) is 18.0 Å². The Morgan fingerprint density at radius 1 is 1.33 bits per heavy atom. The van der Waals surface area contributed by atoms with E-state index in [2.05, 4.69) is 20.9 Å².